The van der Waals surface area contributed by atoms with Crippen molar-refractivity contribution < 1.29 is 33.9 Å². The van der Waals surface area contributed by atoms with Gasteiger partial charge in [0.2, 0.25) is 29.4 Å². The number of carboxylic acid groups (broad SMARTS) is 1. The third kappa shape index (κ3) is 6.88. The lowest BCUT2D eigenvalue weighted by atomic mass is 10.2. The van der Waals surface area contributed by atoms with Gasteiger partial charge in [-0.1, -0.05) is 47.1 Å². The molecule has 0 bridgehead atoms. The number of hydrogen-bond acceptors (Lipinski definition) is 9. The molecule has 14 nitrogen and oxygen atoms in total. The number of aryl methyl sites for hydroxylation is 1. The maximum absolute atomic E-state index is 12.1. The first-order valence-electron chi connectivity index (χ1n) is 14.6. The minimum atomic E-state index is -1.21. The second-order valence-electron chi connectivity index (χ2n) is 11.5. The van der Waals surface area contributed by atoms with Crippen LogP contribution in [0.2, 0.25) is 5.02 Å². The number of aliphatic carboxylic acids is 1. The SMILES string of the molecule is CC(=O)NC(CO)C(=O)NC1(C(=O)O)CC1.Cc1nc(-c2c(Cl)c3ccccc3n2-c2ccc(CNC(=O)C3(N)CC3)cc2)no1. The van der Waals surface area contributed by atoms with Crippen LogP contribution in [0.4, 0.5) is 0 Å². The average molecular weight is 652 g/mol. The number of amides is 3. The molecule has 2 aromatic carbocycles. The van der Waals surface area contributed by atoms with Gasteiger partial charge in [-0.15, -0.1) is 0 Å². The molecule has 0 aliphatic heterocycles. The summed E-state index contributed by atoms with van der Waals surface area (Å²) in [7, 11) is 0. The molecule has 1 atom stereocenters. The minimum absolute atomic E-state index is 0.0930. The van der Waals surface area contributed by atoms with Gasteiger partial charge < -0.3 is 41.0 Å². The quantitative estimate of drug-likeness (QED) is 0.147. The number of carboxylic acids is 1. The molecule has 2 heterocycles. The van der Waals surface area contributed by atoms with Crippen molar-refractivity contribution in [2.24, 2.45) is 5.73 Å². The third-order valence-corrected chi connectivity index (χ3v) is 8.22. The number of nitrogens with zero attached hydrogens (tertiary/aromatic N) is 3. The summed E-state index contributed by atoms with van der Waals surface area (Å²) in [5.41, 5.74) is 7.57. The molecule has 4 aromatic rings. The van der Waals surface area contributed by atoms with Crippen molar-refractivity contribution in [3.63, 3.8) is 0 Å². The van der Waals surface area contributed by atoms with E-state index in [0.717, 1.165) is 35.0 Å². The minimum Gasteiger partial charge on any atom is -0.480 e. The molecule has 0 spiro atoms. The molecule has 2 saturated carbocycles. The number of nitrogens with two attached hydrogens (primary N) is 1. The summed E-state index contributed by atoms with van der Waals surface area (Å²) in [5, 5.41) is 30.7. The molecule has 0 saturated heterocycles. The van der Waals surface area contributed by atoms with Crippen molar-refractivity contribution in [3.8, 4) is 17.2 Å². The lowest BCUT2D eigenvalue weighted by molar-refractivity contribution is -0.143. The Labute approximate surface area is 268 Å². The van der Waals surface area contributed by atoms with Crippen LogP contribution < -0.4 is 21.7 Å². The molecule has 3 amide bonds. The van der Waals surface area contributed by atoms with Crippen LogP contribution in [0.1, 0.15) is 44.1 Å². The molecule has 2 fully saturated rings. The van der Waals surface area contributed by atoms with Crippen LogP contribution in [0, 0.1) is 6.92 Å². The van der Waals surface area contributed by atoms with Gasteiger partial charge >= 0.3 is 5.97 Å². The van der Waals surface area contributed by atoms with Crippen LogP contribution >= 0.6 is 11.6 Å². The molecular formula is C31H34ClN7O7. The number of aromatic nitrogens is 3. The third-order valence-electron chi connectivity index (χ3n) is 7.84. The Morgan fingerprint density at radius 1 is 1.09 bits per heavy atom. The van der Waals surface area contributed by atoms with E-state index >= 15 is 0 Å². The highest BCUT2D eigenvalue weighted by Crippen LogP contribution is 2.39. The number of aliphatic hydroxyl groups excluding tert-OH is 1. The van der Waals surface area contributed by atoms with Gasteiger partial charge in [-0.05, 0) is 49.4 Å². The van der Waals surface area contributed by atoms with Crippen LogP contribution in [0.25, 0.3) is 28.1 Å². The molecule has 2 aromatic heterocycles. The van der Waals surface area contributed by atoms with Crippen LogP contribution in [-0.2, 0) is 25.7 Å². The molecule has 46 heavy (non-hydrogen) atoms. The molecular weight excluding hydrogens is 618 g/mol. The standard InChI is InChI=1S/C22H20ClN5O2.C9H14N2O5/c1-13-26-20(27-30-13)19-18(23)16-4-2-3-5-17(16)28(19)15-8-6-14(7-9-15)12-25-21(29)22(24)10-11-22;1-5(13)10-6(4-12)7(14)11-9(2-3-9)8(15)16/h2-9H,10-12,24H2,1H3,(H,25,29);6,12H,2-4H2,1H3,(H,10,13)(H,11,14)(H,15,16). The van der Waals surface area contributed by atoms with E-state index in [1.807, 2.05) is 53.1 Å². The van der Waals surface area contributed by atoms with E-state index in [1.165, 1.54) is 6.92 Å². The lowest BCUT2D eigenvalue weighted by Crippen LogP contribution is -2.53. The molecule has 1 unspecified atom stereocenters. The first-order valence-corrected chi connectivity index (χ1v) is 14.9. The van der Waals surface area contributed by atoms with Gasteiger partial charge in [-0.25, -0.2) is 4.79 Å². The number of halogens is 1. The normalized spacial score (nSPS) is 16.0. The van der Waals surface area contributed by atoms with Crippen molar-refractivity contribution >= 4 is 46.2 Å². The van der Waals surface area contributed by atoms with Crippen LogP contribution in [0.3, 0.4) is 0 Å². The summed E-state index contributed by atoms with van der Waals surface area (Å²) in [6.07, 6.45) is 2.23. The van der Waals surface area contributed by atoms with Gasteiger partial charge in [-0.3, -0.25) is 14.4 Å². The predicted molar refractivity (Wildman–Crippen MR) is 167 cm³/mol. The fourth-order valence-corrected chi connectivity index (χ4v) is 5.15. The Hall–Kier alpha value is -4.79. The Morgan fingerprint density at radius 2 is 1.76 bits per heavy atom. The number of para-hydroxylation sites is 1. The van der Waals surface area contributed by atoms with Gasteiger partial charge in [0.15, 0.2) is 0 Å². The van der Waals surface area contributed by atoms with Crippen molar-refractivity contribution in [1.29, 1.82) is 0 Å². The van der Waals surface area contributed by atoms with E-state index in [9.17, 15) is 19.2 Å². The first kappa shape index (κ1) is 32.6. The Bertz CT molecular complexity index is 1790. The Morgan fingerprint density at radius 3 is 2.30 bits per heavy atom. The van der Waals surface area contributed by atoms with Crippen molar-refractivity contribution in [3.05, 3.63) is 65.0 Å². The molecule has 0 radical (unpaired) electrons. The summed E-state index contributed by atoms with van der Waals surface area (Å²) in [5.74, 6) is -1.43. The van der Waals surface area contributed by atoms with E-state index in [-0.39, 0.29) is 5.91 Å². The largest absolute Gasteiger partial charge is 0.480 e. The molecule has 2 aliphatic rings. The van der Waals surface area contributed by atoms with Crippen molar-refractivity contribution in [1.82, 2.24) is 30.7 Å². The molecule has 242 valence electrons. The Kier molecular flexibility index (Phi) is 9.15. The molecule has 2 aliphatic carbocycles. The second-order valence-corrected chi connectivity index (χ2v) is 11.8. The van der Waals surface area contributed by atoms with Gasteiger partial charge in [0.25, 0.3) is 0 Å². The maximum atomic E-state index is 12.1. The zero-order valence-electron chi connectivity index (χ0n) is 25.2. The van der Waals surface area contributed by atoms with Gasteiger partial charge in [0.1, 0.15) is 17.3 Å². The zero-order valence-corrected chi connectivity index (χ0v) is 25.9. The topological polar surface area (TPSA) is 215 Å². The number of carbonyl (C=O) groups excluding carboxylic acids is 3. The fourth-order valence-electron chi connectivity index (χ4n) is 4.82. The van der Waals surface area contributed by atoms with Crippen molar-refractivity contribution in [2.75, 3.05) is 6.61 Å². The summed E-state index contributed by atoms with van der Waals surface area (Å²) < 4.78 is 7.20. The molecule has 6 rings (SSSR count). The van der Waals surface area contributed by atoms with Gasteiger partial charge in [0, 0.05) is 31.5 Å². The zero-order chi connectivity index (χ0) is 33.2. The van der Waals surface area contributed by atoms with Gasteiger partial charge in [-0.2, -0.15) is 4.98 Å². The maximum Gasteiger partial charge on any atom is 0.329 e. The summed E-state index contributed by atoms with van der Waals surface area (Å²) >= 11 is 6.72. The van der Waals surface area contributed by atoms with Crippen LogP contribution in [-0.4, -0.2) is 72.3 Å². The highest BCUT2D eigenvalue weighted by atomic mass is 35.5. The predicted octanol–water partition coefficient (Wildman–Crippen LogP) is 1.97. The number of aliphatic hydroxyl groups is 1. The average Bonchev–Trinajstić information content (AvgIpc) is 3.92. The summed E-state index contributed by atoms with van der Waals surface area (Å²) in [6, 6.07) is 14.7. The highest BCUT2D eigenvalue weighted by Gasteiger charge is 2.52. The van der Waals surface area contributed by atoms with Crippen LogP contribution in [0.15, 0.2) is 53.1 Å². The molecule has 15 heteroatoms. The number of carbonyl (C=O) groups is 4. The van der Waals surface area contributed by atoms with Crippen LogP contribution in [0.5, 0.6) is 0 Å². The molecule has 7 N–H and O–H groups in total. The van der Waals surface area contributed by atoms with E-state index in [2.05, 4.69) is 26.1 Å². The van der Waals surface area contributed by atoms with Gasteiger partial charge in [0.05, 0.1) is 22.7 Å². The number of fused-ring (bicyclic) bond motifs is 1. The van der Waals surface area contributed by atoms with E-state index in [0.29, 0.717) is 41.8 Å². The number of hydrogen-bond donors (Lipinski definition) is 6. The first-order chi connectivity index (χ1) is 21.9. The Balaban J connectivity index is 0.000000222. The van der Waals surface area contributed by atoms with E-state index in [1.54, 1.807) is 6.92 Å². The van der Waals surface area contributed by atoms with Crippen molar-refractivity contribution in [2.45, 2.75) is 63.2 Å². The smallest absolute Gasteiger partial charge is 0.329 e. The fraction of sp³-hybridized carbons (Fsp3) is 0.355. The van der Waals surface area contributed by atoms with E-state index in [4.69, 9.17) is 32.1 Å². The number of nitrogens with one attached hydrogen (secondary N) is 3. The lowest BCUT2D eigenvalue weighted by Gasteiger charge is -2.18. The van der Waals surface area contributed by atoms with E-state index < -0.39 is 41.5 Å². The monoisotopic (exact) mass is 651 g/mol. The summed E-state index contributed by atoms with van der Waals surface area (Å²) in [6.45, 7) is 2.82. The highest BCUT2D eigenvalue weighted by molar-refractivity contribution is 6.38. The second kappa shape index (κ2) is 12.9. The summed E-state index contributed by atoms with van der Waals surface area (Å²) in [4.78, 5) is 49.5. The number of rotatable bonds is 10. The number of benzene rings is 2.